The molecule has 6 heteroatoms. The molecule has 0 amide bonds. The zero-order valence-corrected chi connectivity index (χ0v) is 12.8. The molecule has 0 bridgehead atoms. The first-order valence-corrected chi connectivity index (χ1v) is 7.29. The van der Waals surface area contributed by atoms with Gasteiger partial charge < -0.3 is 4.90 Å². The molecule has 0 aromatic carbocycles. The predicted octanol–water partition coefficient (Wildman–Crippen LogP) is 3.77. The second-order valence-corrected chi connectivity index (χ2v) is 6.32. The van der Waals surface area contributed by atoms with Crippen molar-refractivity contribution in [2.24, 2.45) is 5.41 Å². The summed E-state index contributed by atoms with van der Waals surface area (Å²) in [5.41, 5.74) is 0.440. The Kier molecular flexibility index (Phi) is 4.08. The Labute approximate surface area is 121 Å². The Balaban J connectivity index is 2.22. The lowest BCUT2D eigenvalue weighted by atomic mass is 9.78. The van der Waals surface area contributed by atoms with E-state index in [4.69, 9.17) is 0 Å². The first-order chi connectivity index (χ1) is 8.95. The average Bonchev–Trinajstić information content (AvgIpc) is 2.40. The number of anilines is 1. The fourth-order valence-corrected chi connectivity index (χ4v) is 2.73. The molecule has 1 aliphatic heterocycles. The summed E-state index contributed by atoms with van der Waals surface area (Å²) in [5, 5.41) is 11.1. The van der Waals surface area contributed by atoms with E-state index in [-0.39, 0.29) is 10.6 Å². The van der Waals surface area contributed by atoms with Crippen molar-refractivity contribution < 1.29 is 4.92 Å². The van der Waals surface area contributed by atoms with E-state index in [1.807, 2.05) is 4.90 Å². The van der Waals surface area contributed by atoms with Gasteiger partial charge >= 0.3 is 5.69 Å². The third-order valence-corrected chi connectivity index (χ3v) is 4.57. The highest BCUT2D eigenvalue weighted by Gasteiger charge is 2.31. The molecule has 0 radical (unpaired) electrons. The van der Waals surface area contributed by atoms with Gasteiger partial charge in [0.25, 0.3) is 0 Å². The molecule has 0 unspecified atom stereocenters. The normalized spacial score (nSPS) is 18.4. The number of hydrogen-bond donors (Lipinski definition) is 0. The third-order valence-electron chi connectivity index (χ3n) is 4.13. The number of rotatable bonds is 3. The third kappa shape index (κ3) is 3.05. The van der Waals surface area contributed by atoms with Gasteiger partial charge in [0.2, 0.25) is 5.82 Å². The Morgan fingerprint density at radius 3 is 2.68 bits per heavy atom. The van der Waals surface area contributed by atoms with E-state index in [2.05, 4.69) is 34.8 Å². The van der Waals surface area contributed by atoms with Crippen molar-refractivity contribution in [3.8, 4) is 0 Å². The maximum absolute atomic E-state index is 11.1. The van der Waals surface area contributed by atoms with Crippen LogP contribution in [0.15, 0.2) is 16.7 Å². The van der Waals surface area contributed by atoms with Crippen LogP contribution in [0.1, 0.15) is 33.1 Å². The zero-order valence-electron chi connectivity index (χ0n) is 11.2. The number of piperidine rings is 1. The van der Waals surface area contributed by atoms with Crippen LogP contribution in [0.5, 0.6) is 0 Å². The van der Waals surface area contributed by atoms with Gasteiger partial charge in [0.15, 0.2) is 0 Å². The summed E-state index contributed by atoms with van der Waals surface area (Å²) in [5.74, 6) is 0.492. The lowest BCUT2D eigenvalue weighted by Crippen LogP contribution is -2.39. The molecule has 104 valence electrons. The van der Waals surface area contributed by atoms with E-state index < -0.39 is 0 Å². The smallest absolute Gasteiger partial charge is 0.312 e. The van der Waals surface area contributed by atoms with Crippen molar-refractivity contribution >= 4 is 27.4 Å². The molecule has 1 aliphatic rings. The van der Waals surface area contributed by atoms with Gasteiger partial charge in [-0.05, 0) is 34.2 Å². The minimum Gasteiger partial charge on any atom is -0.351 e. The van der Waals surface area contributed by atoms with Crippen molar-refractivity contribution in [1.29, 1.82) is 0 Å². The Bertz CT molecular complexity index is 485. The van der Waals surface area contributed by atoms with E-state index >= 15 is 0 Å². The molecular formula is C13H18BrN3O2. The molecular weight excluding hydrogens is 310 g/mol. The van der Waals surface area contributed by atoms with Gasteiger partial charge in [0, 0.05) is 29.8 Å². The lowest BCUT2D eigenvalue weighted by molar-refractivity contribution is -0.384. The van der Waals surface area contributed by atoms with Gasteiger partial charge in [-0.25, -0.2) is 4.98 Å². The largest absolute Gasteiger partial charge is 0.351 e. The Morgan fingerprint density at radius 1 is 1.53 bits per heavy atom. The molecule has 5 nitrogen and oxygen atoms in total. The molecule has 1 saturated heterocycles. The number of hydrogen-bond acceptors (Lipinski definition) is 4. The molecule has 1 aromatic heterocycles. The van der Waals surface area contributed by atoms with E-state index in [9.17, 15) is 10.1 Å². The molecule has 1 fully saturated rings. The van der Waals surface area contributed by atoms with Crippen LogP contribution >= 0.6 is 15.9 Å². The van der Waals surface area contributed by atoms with E-state index in [1.165, 1.54) is 6.07 Å². The van der Waals surface area contributed by atoms with Crippen molar-refractivity contribution in [2.45, 2.75) is 33.1 Å². The van der Waals surface area contributed by atoms with Gasteiger partial charge in [0.1, 0.15) is 0 Å². The quantitative estimate of drug-likeness (QED) is 0.626. The Morgan fingerprint density at radius 2 is 2.16 bits per heavy atom. The Hall–Kier alpha value is -1.17. The van der Waals surface area contributed by atoms with E-state index in [0.29, 0.717) is 15.7 Å². The summed E-state index contributed by atoms with van der Waals surface area (Å²) in [7, 11) is 0. The molecule has 19 heavy (non-hydrogen) atoms. The summed E-state index contributed by atoms with van der Waals surface area (Å²) >= 11 is 3.23. The molecule has 0 N–H and O–H groups in total. The minimum absolute atomic E-state index is 0.0782. The summed E-state index contributed by atoms with van der Waals surface area (Å²) in [4.78, 5) is 17.0. The average molecular weight is 328 g/mol. The maximum atomic E-state index is 11.1. The fourth-order valence-electron chi connectivity index (χ4n) is 2.41. The van der Waals surface area contributed by atoms with Gasteiger partial charge in [-0.1, -0.05) is 20.3 Å². The van der Waals surface area contributed by atoms with Crippen molar-refractivity contribution in [1.82, 2.24) is 4.98 Å². The highest BCUT2D eigenvalue weighted by atomic mass is 79.9. The summed E-state index contributed by atoms with van der Waals surface area (Å²) in [6.45, 7) is 6.16. The van der Waals surface area contributed by atoms with Crippen molar-refractivity contribution in [3.05, 3.63) is 26.9 Å². The molecule has 0 atom stereocenters. The SMILES string of the molecule is CCC1(C)CCN(c2ncc(Br)cc2[N+](=O)[O-])CC1. The van der Waals surface area contributed by atoms with Gasteiger partial charge in [-0.2, -0.15) is 0 Å². The van der Waals surface area contributed by atoms with Crippen LogP contribution in [-0.4, -0.2) is 23.0 Å². The van der Waals surface area contributed by atoms with Crippen LogP contribution in [0.4, 0.5) is 11.5 Å². The number of halogens is 1. The topological polar surface area (TPSA) is 59.3 Å². The monoisotopic (exact) mass is 327 g/mol. The molecule has 0 aliphatic carbocycles. The second-order valence-electron chi connectivity index (χ2n) is 5.40. The van der Waals surface area contributed by atoms with Crippen LogP contribution in [0.25, 0.3) is 0 Å². The lowest BCUT2D eigenvalue weighted by Gasteiger charge is -2.39. The highest BCUT2D eigenvalue weighted by molar-refractivity contribution is 9.10. The van der Waals surface area contributed by atoms with Gasteiger partial charge in [-0.3, -0.25) is 10.1 Å². The van der Waals surface area contributed by atoms with Crippen LogP contribution in [-0.2, 0) is 0 Å². The molecule has 2 rings (SSSR count). The maximum Gasteiger partial charge on any atom is 0.312 e. The van der Waals surface area contributed by atoms with Crippen LogP contribution in [0, 0.1) is 15.5 Å². The number of nitrogens with zero attached hydrogens (tertiary/aromatic N) is 3. The zero-order chi connectivity index (χ0) is 14.0. The standard InChI is InChI=1S/C13H18BrN3O2/c1-3-13(2)4-6-16(7-5-13)12-11(17(18)19)8-10(14)9-15-12/h8-9H,3-7H2,1-2H3. The van der Waals surface area contributed by atoms with E-state index in [0.717, 1.165) is 32.4 Å². The molecule has 0 spiro atoms. The summed E-state index contributed by atoms with van der Waals surface area (Å²) in [6, 6.07) is 1.52. The van der Waals surface area contributed by atoms with Gasteiger partial charge in [-0.15, -0.1) is 0 Å². The van der Waals surface area contributed by atoms with Crippen LogP contribution < -0.4 is 4.90 Å². The molecule has 1 aromatic rings. The van der Waals surface area contributed by atoms with Gasteiger partial charge in [0.05, 0.1) is 4.92 Å². The van der Waals surface area contributed by atoms with Crippen molar-refractivity contribution in [3.63, 3.8) is 0 Å². The highest BCUT2D eigenvalue weighted by Crippen LogP contribution is 2.37. The summed E-state index contributed by atoms with van der Waals surface area (Å²) < 4.78 is 0.637. The van der Waals surface area contributed by atoms with E-state index in [1.54, 1.807) is 6.20 Å². The predicted molar refractivity (Wildman–Crippen MR) is 78.4 cm³/mol. The molecule has 2 heterocycles. The minimum atomic E-state index is -0.360. The van der Waals surface area contributed by atoms with Crippen molar-refractivity contribution in [2.75, 3.05) is 18.0 Å². The number of aromatic nitrogens is 1. The first kappa shape index (κ1) is 14.2. The van der Waals surface area contributed by atoms with Crippen LogP contribution in [0.3, 0.4) is 0 Å². The number of nitro groups is 1. The second kappa shape index (κ2) is 5.45. The fraction of sp³-hybridized carbons (Fsp3) is 0.615. The molecule has 0 saturated carbocycles. The first-order valence-electron chi connectivity index (χ1n) is 6.50. The number of pyridine rings is 1. The summed E-state index contributed by atoms with van der Waals surface area (Å²) in [6.07, 6.45) is 4.88. The van der Waals surface area contributed by atoms with Crippen LogP contribution in [0.2, 0.25) is 0 Å².